The van der Waals surface area contributed by atoms with Crippen LogP contribution in [-0.2, 0) is 5.54 Å². The maximum Gasteiger partial charge on any atom is 0.0595 e. The lowest BCUT2D eigenvalue weighted by molar-refractivity contribution is 0.302. The van der Waals surface area contributed by atoms with Gasteiger partial charge in [-0.2, -0.15) is 0 Å². The van der Waals surface area contributed by atoms with Gasteiger partial charge in [-0.3, -0.25) is 0 Å². The van der Waals surface area contributed by atoms with Crippen LogP contribution in [0.15, 0.2) is 18.2 Å². The Morgan fingerprint density at radius 1 is 1.00 bits per heavy atom. The number of nitrogens with two attached hydrogens (primary N) is 1. The molecule has 1 aliphatic carbocycles. The molecule has 1 saturated carbocycles. The van der Waals surface area contributed by atoms with Gasteiger partial charge in [-0.05, 0) is 30.5 Å². The van der Waals surface area contributed by atoms with Gasteiger partial charge < -0.3 is 5.73 Å². The molecule has 2 rings (SSSR count). The van der Waals surface area contributed by atoms with E-state index in [2.05, 4.69) is 0 Å². The van der Waals surface area contributed by atoms with E-state index in [0.29, 0.717) is 10.0 Å². The first kappa shape index (κ1) is 11.3. The van der Waals surface area contributed by atoms with Crippen LogP contribution < -0.4 is 5.73 Å². The van der Waals surface area contributed by atoms with Gasteiger partial charge in [-0.25, -0.2) is 0 Å². The molecule has 0 aliphatic heterocycles. The average molecular weight is 244 g/mol. The fourth-order valence-corrected chi connectivity index (χ4v) is 2.58. The van der Waals surface area contributed by atoms with Gasteiger partial charge in [0.2, 0.25) is 0 Å². The van der Waals surface area contributed by atoms with E-state index in [1.807, 2.05) is 18.2 Å². The topological polar surface area (TPSA) is 26.0 Å². The lowest BCUT2D eigenvalue weighted by Crippen LogP contribution is -2.38. The summed E-state index contributed by atoms with van der Waals surface area (Å²) in [5.41, 5.74) is 7.33. The molecule has 82 valence electrons. The Labute approximate surface area is 101 Å². The zero-order chi connectivity index (χ0) is 10.9. The summed E-state index contributed by atoms with van der Waals surface area (Å²) in [6, 6.07) is 5.75. The van der Waals surface area contributed by atoms with Crippen molar-refractivity contribution in [2.75, 3.05) is 0 Å². The van der Waals surface area contributed by atoms with Crippen molar-refractivity contribution in [3.05, 3.63) is 33.8 Å². The molecule has 0 bridgehead atoms. The Balaban J connectivity index is 2.31. The van der Waals surface area contributed by atoms with E-state index in [9.17, 15) is 0 Å². The molecule has 0 unspecified atom stereocenters. The number of rotatable bonds is 1. The van der Waals surface area contributed by atoms with E-state index < -0.39 is 0 Å². The predicted molar refractivity (Wildman–Crippen MR) is 65.4 cm³/mol. The van der Waals surface area contributed by atoms with Crippen LogP contribution in [0.5, 0.6) is 0 Å². The average Bonchev–Trinajstić information content (AvgIpc) is 2.23. The highest BCUT2D eigenvalue weighted by atomic mass is 35.5. The highest BCUT2D eigenvalue weighted by Gasteiger charge is 2.29. The Hall–Kier alpha value is -0.240. The Bertz CT molecular complexity index is 357. The zero-order valence-corrected chi connectivity index (χ0v) is 10.1. The van der Waals surface area contributed by atoms with Gasteiger partial charge in [-0.1, -0.05) is 48.5 Å². The molecule has 3 heteroatoms. The maximum absolute atomic E-state index is 6.40. The van der Waals surface area contributed by atoms with Gasteiger partial charge in [0.1, 0.15) is 0 Å². The summed E-state index contributed by atoms with van der Waals surface area (Å²) in [4.78, 5) is 0. The summed E-state index contributed by atoms with van der Waals surface area (Å²) < 4.78 is 0. The van der Waals surface area contributed by atoms with Crippen LogP contribution in [0.2, 0.25) is 10.0 Å². The highest BCUT2D eigenvalue weighted by molar-refractivity contribution is 6.42. The monoisotopic (exact) mass is 243 g/mol. The van der Waals surface area contributed by atoms with Gasteiger partial charge in [0.15, 0.2) is 0 Å². The van der Waals surface area contributed by atoms with Crippen molar-refractivity contribution >= 4 is 23.2 Å². The van der Waals surface area contributed by atoms with E-state index >= 15 is 0 Å². The molecular weight excluding hydrogens is 229 g/mol. The second-order valence-corrected chi connectivity index (χ2v) is 5.16. The van der Waals surface area contributed by atoms with Crippen LogP contribution >= 0.6 is 23.2 Å². The van der Waals surface area contributed by atoms with E-state index in [1.54, 1.807) is 0 Å². The van der Waals surface area contributed by atoms with Crippen molar-refractivity contribution < 1.29 is 0 Å². The molecule has 0 heterocycles. The summed E-state index contributed by atoms with van der Waals surface area (Å²) in [6.45, 7) is 0. The smallest absolute Gasteiger partial charge is 0.0595 e. The van der Waals surface area contributed by atoms with Crippen LogP contribution in [0.3, 0.4) is 0 Å². The largest absolute Gasteiger partial charge is 0.321 e. The van der Waals surface area contributed by atoms with Gasteiger partial charge in [-0.15, -0.1) is 0 Å². The van der Waals surface area contributed by atoms with Gasteiger partial charge in [0, 0.05) is 5.54 Å². The van der Waals surface area contributed by atoms with Gasteiger partial charge in [0.05, 0.1) is 10.0 Å². The molecule has 0 atom stereocenters. The fraction of sp³-hybridized carbons (Fsp3) is 0.500. The van der Waals surface area contributed by atoms with Crippen molar-refractivity contribution in [1.82, 2.24) is 0 Å². The molecule has 1 aromatic rings. The molecule has 15 heavy (non-hydrogen) atoms. The van der Waals surface area contributed by atoms with Crippen LogP contribution in [0.1, 0.15) is 37.7 Å². The van der Waals surface area contributed by atoms with Crippen molar-refractivity contribution in [3.63, 3.8) is 0 Å². The van der Waals surface area contributed by atoms with Crippen LogP contribution in [0, 0.1) is 0 Å². The Morgan fingerprint density at radius 2 is 1.67 bits per heavy atom. The summed E-state index contributed by atoms with van der Waals surface area (Å²) in [7, 11) is 0. The van der Waals surface area contributed by atoms with E-state index in [1.165, 1.54) is 19.3 Å². The molecule has 1 nitrogen and oxygen atoms in total. The quantitative estimate of drug-likeness (QED) is 0.790. The van der Waals surface area contributed by atoms with Crippen LogP contribution in [-0.4, -0.2) is 0 Å². The maximum atomic E-state index is 6.40. The molecule has 2 N–H and O–H groups in total. The summed E-state index contributed by atoms with van der Waals surface area (Å²) >= 11 is 11.9. The van der Waals surface area contributed by atoms with E-state index in [0.717, 1.165) is 18.4 Å². The van der Waals surface area contributed by atoms with Gasteiger partial charge in [0.25, 0.3) is 0 Å². The van der Waals surface area contributed by atoms with E-state index in [-0.39, 0.29) is 5.54 Å². The normalized spacial score (nSPS) is 20.2. The Morgan fingerprint density at radius 3 is 2.27 bits per heavy atom. The van der Waals surface area contributed by atoms with E-state index in [4.69, 9.17) is 28.9 Å². The van der Waals surface area contributed by atoms with Crippen LogP contribution in [0.25, 0.3) is 0 Å². The second-order valence-electron chi connectivity index (χ2n) is 4.35. The minimum atomic E-state index is -0.188. The number of hydrogen-bond acceptors (Lipinski definition) is 1. The third-order valence-electron chi connectivity index (χ3n) is 3.24. The van der Waals surface area contributed by atoms with Crippen LogP contribution in [0.4, 0.5) is 0 Å². The number of halogens is 2. The number of benzene rings is 1. The van der Waals surface area contributed by atoms with Crippen molar-refractivity contribution in [1.29, 1.82) is 0 Å². The first-order chi connectivity index (χ1) is 7.12. The van der Waals surface area contributed by atoms with Gasteiger partial charge >= 0.3 is 0 Å². The number of hydrogen-bond donors (Lipinski definition) is 1. The molecule has 1 aliphatic rings. The first-order valence-corrected chi connectivity index (χ1v) is 6.12. The SMILES string of the molecule is NC1(c2ccc(Cl)c(Cl)c2)CCCCC1. The minimum absolute atomic E-state index is 0.188. The first-order valence-electron chi connectivity index (χ1n) is 5.36. The standard InChI is InChI=1S/C12H15Cl2N/c13-10-5-4-9(8-11(10)14)12(15)6-2-1-3-7-12/h4-5,8H,1-3,6-7,15H2. The molecule has 0 radical (unpaired) electrons. The lowest BCUT2D eigenvalue weighted by atomic mass is 9.77. The van der Waals surface area contributed by atoms with Crippen molar-refractivity contribution in [3.8, 4) is 0 Å². The molecule has 0 aromatic heterocycles. The highest BCUT2D eigenvalue weighted by Crippen LogP contribution is 2.36. The third-order valence-corrected chi connectivity index (χ3v) is 3.98. The van der Waals surface area contributed by atoms with Crippen molar-refractivity contribution in [2.24, 2.45) is 5.73 Å². The summed E-state index contributed by atoms with van der Waals surface area (Å²) in [6.07, 6.45) is 5.80. The third kappa shape index (κ3) is 2.30. The zero-order valence-electron chi connectivity index (χ0n) is 8.60. The molecule has 0 saturated heterocycles. The fourth-order valence-electron chi connectivity index (χ4n) is 2.28. The predicted octanol–water partition coefficient (Wildman–Crippen LogP) is 4.11. The molecular formula is C12H15Cl2N. The molecule has 0 amide bonds. The molecule has 0 spiro atoms. The lowest BCUT2D eigenvalue weighted by Gasteiger charge is -2.34. The summed E-state index contributed by atoms with van der Waals surface area (Å²) in [5, 5.41) is 1.20. The molecule has 1 aromatic carbocycles. The van der Waals surface area contributed by atoms with Crippen molar-refractivity contribution in [2.45, 2.75) is 37.6 Å². The Kier molecular flexibility index (Phi) is 3.24. The summed E-state index contributed by atoms with van der Waals surface area (Å²) in [5.74, 6) is 0. The second kappa shape index (κ2) is 4.32. The minimum Gasteiger partial charge on any atom is -0.321 e. The molecule has 1 fully saturated rings.